The number of carbonyl (C=O) groups excluding carboxylic acids is 1. The summed E-state index contributed by atoms with van der Waals surface area (Å²) < 4.78 is 11.2. The predicted octanol–water partition coefficient (Wildman–Crippen LogP) is 4.30. The van der Waals surface area contributed by atoms with E-state index >= 15 is 0 Å². The van der Waals surface area contributed by atoms with Crippen molar-refractivity contribution in [2.24, 2.45) is 5.73 Å². The lowest BCUT2D eigenvalue weighted by Gasteiger charge is -2.13. The molecular weight excluding hydrogens is 430 g/mol. The molecule has 2 aromatic heterocycles. The summed E-state index contributed by atoms with van der Waals surface area (Å²) in [4.78, 5) is 24.3. The highest BCUT2D eigenvalue weighted by molar-refractivity contribution is 6.32. The highest BCUT2D eigenvalue weighted by atomic mass is 35.5. The van der Waals surface area contributed by atoms with E-state index in [9.17, 15) is 4.79 Å². The van der Waals surface area contributed by atoms with E-state index in [0.717, 1.165) is 5.56 Å². The quantitative estimate of drug-likeness (QED) is 0.413. The number of primary amides is 1. The minimum absolute atomic E-state index is 0.115. The molecule has 0 saturated heterocycles. The van der Waals surface area contributed by atoms with Gasteiger partial charge in [-0.3, -0.25) is 9.78 Å². The molecule has 0 atom stereocenters. The maximum atomic E-state index is 11.7. The van der Waals surface area contributed by atoms with E-state index in [0.29, 0.717) is 52.1 Å². The number of aromatic nitrogens is 3. The first-order chi connectivity index (χ1) is 15.5. The van der Waals surface area contributed by atoms with Crippen molar-refractivity contribution in [2.75, 3.05) is 11.9 Å². The van der Waals surface area contributed by atoms with Gasteiger partial charge in [0.2, 0.25) is 5.82 Å². The normalized spacial score (nSPS) is 10.7. The number of hydrogen-bond acceptors (Lipinski definition) is 7. The lowest BCUT2D eigenvalue weighted by molar-refractivity contribution is 0.0991. The second-order valence-corrected chi connectivity index (χ2v) is 7.12. The predicted molar refractivity (Wildman–Crippen MR) is 121 cm³/mol. The van der Waals surface area contributed by atoms with Crippen molar-refractivity contribution in [3.63, 3.8) is 0 Å². The van der Waals surface area contributed by atoms with Crippen molar-refractivity contribution in [3.05, 3.63) is 77.3 Å². The van der Waals surface area contributed by atoms with Crippen molar-refractivity contribution < 1.29 is 14.3 Å². The topological polar surface area (TPSA) is 112 Å². The van der Waals surface area contributed by atoms with Gasteiger partial charge in [-0.05, 0) is 37.3 Å². The van der Waals surface area contributed by atoms with Gasteiger partial charge in [-0.15, -0.1) is 0 Å². The standard InChI is InChI=1S/C23H19ClN5O3/c1-2-31-16-6-7-17-19(11-16)28-23(21(25)30)29-22(17)27-15-5-8-20(18(24)10-15)32-13-14-4-3-9-26-12-14/h3-5,7-12H,2,13H2,1H3,(H2,25,30)(H,27,28,29). The monoisotopic (exact) mass is 448 g/mol. The number of fused-ring (bicyclic) bond motifs is 1. The van der Waals surface area contributed by atoms with Gasteiger partial charge in [0, 0.05) is 41.2 Å². The Morgan fingerprint density at radius 2 is 2.09 bits per heavy atom. The average molecular weight is 449 g/mol. The second-order valence-electron chi connectivity index (χ2n) is 6.71. The molecule has 8 nitrogen and oxygen atoms in total. The Labute approximate surface area is 189 Å². The van der Waals surface area contributed by atoms with Crippen LogP contribution >= 0.6 is 11.6 Å². The third-order valence-electron chi connectivity index (χ3n) is 4.43. The van der Waals surface area contributed by atoms with Crippen LogP contribution in [-0.2, 0) is 6.61 Å². The van der Waals surface area contributed by atoms with E-state index in [1.54, 1.807) is 42.7 Å². The van der Waals surface area contributed by atoms with Gasteiger partial charge < -0.3 is 20.5 Å². The van der Waals surface area contributed by atoms with Crippen LogP contribution in [0.2, 0.25) is 5.02 Å². The molecule has 161 valence electrons. The van der Waals surface area contributed by atoms with Gasteiger partial charge >= 0.3 is 0 Å². The molecule has 0 aliphatic carbocycles. The number of amides is 1. The lowest BCUT2D eigenvalue weighted by Crippen LogP contribution is -2.16. The van der Waals surface area contributed by atoms with Crippen LogP contribution in [-0.4, -0.2) is 27.5 Å². The smallest absolute Gasteiger partial charge is 0.286 e. The van der Waals surface area contributed by atoms with Crippen LogP contribution in [0.3, 0.4) is 0 Å². The van der Waals surface area contributed by atoms with Crippen LogP contribution < -0.4 is 20.5 Å². The van der Waals surface area contributed by atoms with E-state index < -0.39 is 5.91 Å². The number of rotatable bonds is 8. The summed E-state index contributed by atoms with van der Waals surface area (Å²) in [5.41, 5.74) is 7.49. The van der Waals surface area contributed by atoms with Gasteiger partial charge in [0.1, 0.15) is 23.9 Å². The average Bonchev–Trinajstić information content (AvgIpc) is 2.79. The Bertz CT molecular complexity index is 1270. The molecule has 0 saturated carbocycles. The zero-order valence-electron chi connectivity index (χ0n) is 17.1. The first kappa shape index (κ1) is 21.3. The van der Waals surface area contributed by atoms with Crippen molar-refractivity contribution in [3.8, 4) is 11.5 Å². The van der Waals surface area contributed by atoms with E-state index in [1.807, 2.05) is 19.1 Å². The molecule has 2 heterocycles. The zero-order valence-corrected chi connectivity index (χ0v) is 17.9. The van der Waals surface area contributed by atoms with Crippen LogP contribution in [0, 0.1) is 6.07 Å². The largest absolute Gasteiger partial charge is 0.493 e. The molecule has 4 aromatic rings. The molecule has 0 aliphatic heterocycles. The summed E-state index contributed by atoms with van der Waals surface area (Å²) in [6.45, 7) is 2.69. The summed E-state index contributed by atoms with van der Waals surface area (Å²) in [6.07, 6.45) is 3.43. The Balaban J connectivity index is 1.60. The number of benzene rings is 2. The first-order valence-corrected chi connectivity index (χ1v) is 10.2. The number of anilines is 2. The van der Waals surface area contributed by atoms with Crippen molar-refractivity contribution in [1.29, 1.82) is 0 Å². The van der Waals surface area contributed by atoms with E-state index in [2.05, 4.69) is 26.3 Å². The minimum Gasteiger partial charge on any atom is -0.493 e. The number of halogens is 1. The Hall–Kier alpha value is -3.91. The third-order valence-corrected chi connectivity index (χ3v) is 4.73. The van der Waals surface area contributed by atoms with Crippen molar-refractivity contribution in [1.82, 2.24) is 15.0 Å². The van der Waals surface area contributed by atoms with Gasteiger partial charge in [-0.25, -0.2) is 9.97 Å². The summed E-state index contributed by atoms with van der Waals surface area (Å²) in [5.74, 6) is 0.580. The SMILES string of the molecule is CCOc1[c]cc2c(Nc3ccc(OCc4cccnc4)c(Cl)c3)nc(C(N)=O)nc2c1. The number of nitrogens with one attached hydrogen (secondary N) is 1. The highest BCUT2D eigenvalue weighted by Crippen LogP contribution is 2.32. The number of nitrogens with zero attached hydrogens (tertiary/aromatic N) is 3. The van der Waals surface area contributed by atoms with Crippen LogP contribution in [0.15, 0.2) is 54.9 Å². The molecule has 1 amide bonds. The first-order valence-electron chi connectivity index (χ1n) is 9.78. The fraction of sp³-hybridized carbons (Fsp3) is 0.130. The fourth-order valence-corrected chi connectivity index (χ4v) is 3.20. The van der Waals surface area contributed by atoms with Gasteiger partial charge in [0.15, 0.2) is 0 Å². The molecule has 32 heavy (non-hydrogen) atoms. The fourth-order valence-electron chi connectivity index (χ4n) is 2.97. The molecule has 0 aliphatic rings. The molecule has 0 unspecified atom stereocenters. The summed E-state index contributed by atoms with van der Waals surface area (Å²) in [6, 6.07) is 15.4. The molecule has 9 heteroatoms. The number of hydrogen-bond donors (Lipinski definition) is 2. The van der Waals surface area contributed by atoms with Gasteiger partial charge in [0.25, 0.3) is 5.91 Å². The molecule has 0 fully saturated rings. The van der Waals surface area contributed by atoms with E-state index in [4.69, 9.17) is 26.8 Å². The molecule has 0 spiro atoms. The minimum atomic E-state index is -0.738. The summed E-state index contributed by atoms with van der Waals surface area (Å²) in [5, 5.41) is 4.23. The molecule has 4 rings (SSSR count). The molecule has 2 aromatic carbocycles. The Morgan fingerprint density at radius 1 is 1.22 bits per heavy atom. The van der Waals surface area contributed by atoms with E-state index in [1.165, 1.54) is 0 Å². The number of nitrogens with two attached hydrogens (primary N) is 1. The zero-order chi connectivity index (χ0) is 22.5. The molecule has 3 N–H and O–H groups in total. The maximum absolute atomic E-state index is 11.7. The van der Waals surface area contributed by atoms with Crippen molar-refractivity contribution >= 4 is 39.9 Å². The summed E-state index contributed by atoms with van der Waals surface area (Å²) in [7, 11) is 0. The number of pyridine rings is 1. The summed E-state index contributed by atoms with van der Waals surface area (Å²) >= 11 is 6.41. The lowest BCUT2D eigenvalue weighted by atomic mass is 10.2. The number of carbonyl (C=O) groups is 1. The Morgan fingerprint density at radius 3 is 2.81 bits per heavy atom. The molecular formula is C23H19ClN5O3. The second kappa shape index (κ2) is 9.49. The van der Waals surface area contributed by atoms with Crippen LogP contribution in [0.1, 0.15) is 23.1 Å². The van der Waals surface area contributed by atoms with Crippen molar-refractivity contribution in [2.45, 2.75) is 13.5 Å². The molecule has 1 radical (unpaired) electrons. The van der Waals surface area contributed by atoms with E-state index in [-0.39, 0.29) is 5.82 Å². The molecule has 0 bridgehead atoms. The van der Waals surface area contributed by atoms with Crippen LogP contribution in [0.4, 0.5) is 11.5 Å². The number of ether oxygens (including phenoxy) is 2. The third kappa shape index (κ3) is 4.87. The Kier molecular flexibility index (Phi) is 6.32. The van der Waals surface area contributed by atoms with Crippen LogP contribution in [0.5, 0.6) is 11.5 Å². The van der Waals surface area contributed by atoms with Gasteiger partial charge in [0.05, 0.1) is 17.1 Å². The van der Waals surface area contributed by atoms with Gasteiger partial charge in [-0.1, -0.05) is 17.7 Å². The van der Waals surface area contributed by atoms with Gasteiger partial charge in [-0.2, -0.15) is 0 Å². The van der Waals surface area contributed by atoms with Crippen LogP contribution in [0.25, 0.3) is 10.9 Å². The highest BCUT2D eigenvalue weighted by Gasteiger charge is 2.14. The maximum Gasteiger partial charge on any atom is 0.286 e.